The van der Waals surface area contributed by atoms with Crippen LogP contribution in [0.5, 0.6) is 0 Å². The molecule has 1 aromatic rings. The summed E-state index contributed by atoms with van der Waals surface area (Å²) >= 11 is 0. The predicted octanol–water partition coefficient (Wildman–Crippen LogP) is 2.00. The molecule has 0 spiro atoms. The molecule has 102 valence electrons. The summed E-state index contributed by atoms with van der Waals surface area (Å²) in [4.78, 5) is 8.74. The van der Waals surface area contributed by atoms with Crippen molar-refractivity contribution >= 4 is 11.6 Å². The zero-order chi connectivity index (χ0) is 13.8. The maximum absolute atomic E-state index is 5.71. The molecule has 0 fully saturated rings. The van der Waals surface area contributed by atoms with E-state index >= 15 is 0 Å². The van der Waals surface area contributed by atoms with Gasteiger partial charge in [-0.2, -0.15) is 0 Å². The Hall–Kier alpha value is -1.36. The Morgan fingerprint density at radius 3 is 2.44 bits per heavy atom. The third-order valence-corrected chi connectivity index (χ3v) is 2.51. The van der Waals surface area contributed by atoms with Gasteiger partial charge in [-0.05, 0) is 26.7 Å². The fourth-order valence-electron chi connectivity index (χ4n) is 1.43. The summed E-state index contributed by atoms with van der Waals surface area (Å²) in [5.74, 6) is 2.99. The molecular formula is C13H25N5. The lowest BCUT2D eigenvalue weighted by Crippen LogP contribution is -2.39. The Balaban J connectivity index is 2.80. The first-order valence-corrected chi connectivity index (χ1v) is 6.40. The molecule has 0 atom stereocenters. The van der Waals surface area contributed by atoms with E-state index in [0.717, 1.165) is 24.0 Å². The molecule has 0 radical (unpaired) electrons. The fraction of sp³-hybridized carbons (Fsp3) is 0.692. The van der Waals surface area contributed by atoms with E-state index in [-0.39, 0.29) is 5.54 Å². The largest absolute Gasteiger partial charge is 0.370 e. The maximum Gasteiger partial charge on any atom is 0.132 e. The fourth-order valence-corrected chi connectivity index (χ4v) is 1.43. The Labute approximate surface area is 110 Å². The standard InChI is InChI=1S/C13H25N5/c1-9(2)7-15-11-6-12(17-10(3)16-11)18-13(4,5)8-14/h6,9H,7-8,14H2,1-5H3,(H2,15,16,17,18). The van der Waals surface area contributed by atoms with Gasteiger partial charge in [0.2, 0.25) is 0 Å². The Morgan fingerprint density at radius 1 is 1.28 bits per heavy atom. The molecule has 0 saturated heterocycles. The van der Waals surface area contributed by atoms with Crippen LogP contribution in [0, 0.1) is 12.8 Å². The van der Waals surface area contributed by atoms with Crippen LogP contribution in [0.3, 0.4) is 0 Å². The SMILES string of the molecule is Cc1nc(NCC(C)C)cc(NC(C)(C)CN)n1. The van der Waals surface area contributed by atoms with Crippen LogP contribution in [0.1, 0.15) is 33.5 Å². The maximum atomic E-state index is 5.71. The lowest BCUT2D eigenvalue weighted by Gasteiger charge is -2.25. The van der Waals surface area contributed by atoms with Gasteiger partial charge >= 0.3 is 0 Å². The lowest BCUT2D eigenvalue weighted by molar-refractivity contribution is 0.577. The number of nitrogens with zero attached hydrogens (tertiary/aromatic N) is 2. The van der Waals surface area contributed by atoms with E-state index in [9.17, 15) is 0 Å². The molecule has 1 aromatic heterocycles. The van der Waals surface area contributed by atoms with Gasteiger partial charge in [-0.15, -0.1) is 0 Å². The third kappa shape index (κ3) is 4.87. The van der Waals surface area contributed by atoms with E-state index in [2.05, 4.69) is 34.4 Å². The molecule has 18 heavy (non-hydrogen) atoms. The van der Waals surface area contributed by atoms with Crippen molar-refractivity contribution in [1.29, 1.82) is 0 Å². The lowest BCUT2D eigenvalue weighted by atomic mass is 10.1. The molecule has 5 heteroatoms. The summed E-state index contributed by atoms with van der Waals surface area (Å²) in [7, 11) is 0. The molecule has 0 aliphatic rings. The number of hydrogen-bond donors (Lipinski definition) is 3. The van der Waals surface area contributed by atoms with E-state index in [1.54, 1.807) is 0 Å². The molecule has 0 saturated carbocycles. The second-order valence-electron chi connectivity index (χ2n) is 5.67. The van der Waals surface area contributed by atoms with Crippen LogP contribution in [0.2, 0.25) is 0 Å². The van der Waals surface area contributed by atoms with Gasteiger partial charge in [0.05, 0.1) is 0 Å². The highest BCUT2D eigenvalue weighted by Crippen LogP contribution is 2.16. The van der Waals surface area contributed by atoms with Gasteiger partial charge < -0.3 is 16.4 Å². The van der Waals surface area contributed by atoms with Gasteiger partial charge in [0, 0.05) is 24.7 Å². The first-order valence-electron chi connectivity index (χ1n) is 6.40. The summed E-state index contributed by atoms with van der Waals surface area (Å²) in [5, 5.41) is 6.63. The molecule has 0 amide bonds. The smallest absolute Gasteiger partial charge is 0.132 e. The minimum absolute atomic E-state index is 0.171. The van der Waals surface area contributed by atoms with Gasteiger partial charge in [0.25, 0.3) is 0 Å². The molecule has 0 aromatic carbocycles. The van der Waals surface area contributed by atoms with Gasteiger partial charge in [-0.25, -0.2) is 9.97 Å². The normalized spacial score (nSPS) is 11.7. The zero-order valence-electron chi connectivity index (χ0n) is 12.0. The van der Waals surface area contributed by atoms with Crippen LogP contribution in [-0.4, -0.2) is 28.6 Å². The first-order chi connectivity index (χ1) is 8.32. The number of aromatic nitrogens is 2. The van der Waals surface area contributed by atoms with E-state index in [4.69, 9.17) is 5.73 Å². The van der Waals surface area contributed by atoms with Crippen LogP contribution >= 0.6 is 0 Å². The van der Waals surface area contributed by atoms with Crippen molar-refractivity contribution in [2.75, 3.05) is 23.7 Å². The average Bonchev–Trinajstić information content (AvgIpc) is 2.25. The monoisotopic (exact) mass is 251 g/mol. The number of rotatable bonds is 6. The quantitative estimate of drug-likeness (QED) is 0.721. The summed E-state index contributed by atoms with van der Waals surface area (Å²) < 4.78 is 0. The van der Waals surface area contributed by atoms with Crippen molar-refractivity contribution in [1.82, 2.24) is 9.97 Å². The minimum atomic E-state index is -0.171. The highest BCUT2D eigenvalue weighted by atomic mass is 15.1. The molecule has 0 aliphatic heterocycles. The Morgan fingerprint density at radius 2 is 1.89 bits per heavy atom. The number of aryl methyl sites for hydroxylation is 1. The second kappa shape index (κ2) is 6.00. The highest BCUT2D eigenvalue weighted by molar-refractivity contribution is 5.48. The van der Waals surface area contributed by atoms with Crippen molar-refractivity contribution in [3.05, 3.63) is 11.9 Å². The molecule has 0 bridgehead atoms. The van der Waals surface area contributed by atoms with E-state index in [1.165, 1.54) is 0 Å². The molecule has 0 unspecified atom stereocenters. The van der Waals surface area contributed by atoms with Crippen LogP contribution in [0.4, 0.5) is 11.6 Å². The van der Waals surface area contributed by atoms with Crippen molar-refractivity contribution in [2.45, 2.75) is 40.2 Å². The molecule has 1 heterocycles. The van der Waals surface area contributed by atoms with Gasteiger partial charge in [0.15, 0.2) is 0 Å². The number of hydrogen-bond acceptors (Lipinski definition) is 5. The second-order valence-corrected chi connectivity index (χ2v) is 5.67. The van der Waals surface area contributed by atoms with Crippen LogP contribution in [-0.2, 0) is 0 Å². The van der Waals surface area contributed by atoms with E-state index in [1.807, 2.05) is 26.8 Å². The topological polar surface area (TPSA) is 75.9 Å². The Kier molecular flexibility index (Phi) is 4.90. The average molecular weight is 251 g/mol. The van der Waals surface area contributed by atoms with Crippen molar-refractivity contribution in [3.63, 3.8) is 0 Å². The van der Waals surface area contributed by atoms with Gasteiger partial charge in [0.1, 0.15) is 17.5 Å². The van der Waals surface area contributed by atoms with E-state index < -0.39 is 0 Å². The summed E-state index contributed by atoms with van der Waals surface area (Å²) in [5.41, 5.74) is 5.54. The molecule has 5 nitrogen and oxygen atoms in total. The van der Waals surface area contributed by atoms with Gasteiger partial charge in [-0.3, -0.25) is 0 Å². The third-order valence-electron chi connectivity index (χ3n) is 2.51. The van der Waals surface area contributed by atoms with Crippen LogP contribution in [0.15, 0.2) is 6.07 Å². The number of nitrogens with two attached hydrogens (primary N) is 1. The van der Waals surface area contributed by atoms with E-state index in [0.29, 0.717) is 12.5 Å². The molecular weight excluding hydrogens is 226 g/mol. The molecule has 4 N–H and O–H groups in total. The molecule has 0 aliphatic carbocycles. The summed E-state index contributed by atoms with van der Waals surface area (Å²) in [6.45, 7) is 11.8. The number of nitrogens with one attached hydrogen (secondary N) is 2. The van der Waals surface area contributed by atoms with Crippen LogP contribution < -0.4 is 16.4 Å². The van der Waals surface area contributed by atoms with Gasteiger partial charge in [-0.1, -0.05) is 13.8 Å². The zero-order valence-corrected chi connectivity index (χ0v) is 12.0. The van der Waals surface area contributed by atoms with Crippen LogP contribution in [0.25, 0.3) is 0 Å². The summed E-state index contributed by atoms with van der Waals surface area (Å²) in [6.07, 6.45) is 0. The number of anilines is 2. The van der Waals surface area contributed by atoms with Crippen molar-refractivity contribution < 1.29 is 0 Å². The predicted molar refractivity (Wildman–Crippen MR) is 76.9 cm³/mol. The summed E-state index contributed by atoms with van der Waals surface area (Å²) in [6, 6.07) is 1.92. The van der Waals surface area contributed by atoms with Crippen molar-refractivity contribution in [2.24, 2.45) is 11.7 Å². The minimum Gasteiger partial charge on any atom is -0.370 e. The molecule has 1 rings (SSSR count). The first kappa shape index (κ1) is 14.7. The van der Waals surface area contributed by atoms with Crippen molar-refractivity contribution in [3.8, 4) is 0 Å². The highest BCUT2D eigenvalue weighted by Gasteiger charge is 2.16. The Bertz CT molecular complexity index is 387.